The lowest BCUT2D eigenvalue weighted by atomic mass is 10.1. The Morgan fingerprint density at radius 1 is 0.328 bits per heavy atom. The molecule has 0 amide bonds. The zero-order valence-electron chi connectivity index (χ0n) is 42.3. The molecule has 0 rings (SSSR count). The molecule has 370 valence electrons. The molecule has 0 aliphatic heterocycles. The van der Waals surface area contributed by atoms with E-state index in [1.54, 1.807) is 0 Å². The van der Waals surface area contributed by atoms with Crippen molar-refractivity contribution in [2.75, 3.05) is 13.2 Å². The summed E-state index contributed by atoms with van der Waals surface area (Å²) in [7, 11) is 0. The van der Waals surface area contributed by atoms with E-state index in [4.69, 9.17) is 14.2 Å². The van der Waals surface area contributed by atoms with Gasteiger partial charge in [0, 0.05) is 19.3 Å². The molecule has 6 heteroatoms. The first-order valence-electron chi connectivity index (χ1n) is 27.3. The zero-order chi connectivity index (χ0) is 46.5. The molecule has 0 aromatic carbocycles. The van der Waals surface area contributed by atoms with Crippen molar-refractivity contribution >= 4 is 17.9 Å². The molecular weight excluding hydrogens is 793 g/mol. The van der Waals surface area contributed by atoms with Crippen LogP contribution in [0.1, 0.15) is 271 Å². The summed E-state index contributed by atoms with van der Waals surface area (Å²) in [5, 5.41) is 0. The largest absolute Gasteiger partial charge is 0.462 e. The number of carbonyl (C=O) groups excluding carboxylic acids is 3. The van der Waals surface area contributed by atoms with Gasteiger partial charge in [0.05, 0.1) is 0 Å². The second kappa shape index (κ2) is 52.7. The highest BCUT2D eigenvalue weighted by Crippen LogP contribution is 2.15. The van der Waals surface area contributed by atoms with Crippen LogP contribution >= 0.6 is 0 Å². The molecule has 0 saturated heterocycles. The van der Waals surface area contributed by atoms with Crippen molar-refractivity contribution < 1.29 is 28.6 Å². The lowest BCUT2D eigenvalue weighted by Crippen LogP contribution is -2.30. The Morgan fingerprint density at radius 2 is 0.609 bits per heavy atom. The van der Waals surface area contributed by atoms with E-state index in [2.05, 4.69) is 81.5 Å². The molecular formula is C58H102O6. The van der Waals surface area contributed by atoms with Crippen LogP contribution < -0.4 is 0 Å². The van der Waals surface area contributed by atoms with Gasteiger partial charge in [-0.2, -0.15) is 0 Å². The van der Waals surface area contributed by atoms with Crippen molar-refractivity contribution in [3.8, 4) is 0 Å². The fourth-order valence-corrected chi connectivity index (χ4v) is 7.66. The average molecular weight is 895 g/mol. The Kier molecular flexibility index (Phi) is 50.4. The van der Waals surface area contributed by atoms with E-state index in [1.807, 2.05) is 0 Å². The molecule has 0 aliphatic rings. The van der Waals surface area contributed by atoms with Crippen LogP contribution in [0.25, 0.3) is 0 Å². The summed E-state index contributed by atoms with van der Waals surface area (Å²) >= 11 is 0. The summed E-state index contributed by atoms with van der Waals surface area (Å²) in [6.45, 7) is 6.49. The van der Waals surface area contributed by atoms with Gasteiger partial charge in [-0.15, -0.1) is 0 Å². The molecule has 0 spiro atoms. The number of esters is 3. The minimum atomic E-state index is -0.776. The van der Waals surface area contributed by atoms with Gasteiger partial charge in [-0.05, 0) is 83.5 Å². The van der Waals surface area contributed by atoms with E-state index >= 15 is 0 Å². The van der Waals surface area contributed by atoms with E-state index in [0.29, 0.717) is 19.3 Å². The zero-order valence-corrected chi connectivity index (χ0v) is 42.3. The minimum absolute atomic E-state index is 0.0773. The third kappa shape index (κ3) is 50.1. The van der Waals surface area contributed by atoms with Gasteiger partial charge in [-0.3, -0.25) is 14.4 Å². The molecule has 0 bridgehead atoms. The molecule has 64 heavy (non-hydrogen) atoms. The number of hydrogen-bond donors (Lipinski definition) is 0. The first kappa shape index (κ1) is 61.1. The quantitative estimate of drug-likeness (QED) is 0.0262. The van der Waals surface area contributed by atoms with Crippen LogP contribution in [0.2, 0.25) is 0 Å². The molecule has 1 atom stereocenters. The molecule has 0 aromatic rings. The summed E-state index contributed by atoms with van der Waals surface area (Å²) in [4.78, 5) is 37.9. The van der Waals surface area contributed by atoms with Gasteiger partial charge in [-0.25, -0.2) is 0 Å². The van der Waals surface area contributed by atoms with Gasteiger partial charge < -0.3 is 14.2 Å². The first-order valence-corrected chi connectivity index (χ1v) is 27.3. The van der Waals surface area contributed by atoms with E-state index in [1.165, 1.54) is 141 Å². The molecule has 6 nitrogen and oxygen atoms in total. The molecule has 0 aromatic heterocycles. The maximum absolute atomic E-state index is 12.8. The van der Waals surface area contributed by atoms with Gasteiger partial charge in [-0.1, -0.05) is 229 Å². The summed E-state index contributed by atoms with van der Waals surface area (Å²) < 4.78 is 16.8. The number of unbranched alkanes of at least 4 members (excludes halogenated alkanes) is 28. The van der Waals surface area contributed by atoms with Crippen LogP contribution in [0.4, 0.5) is 0 Å². The van der Waals surface area contributed by atoms with Crippen LogP contribution in [0.5, 0.6) is 0 Å². The molecule has 0 radical (unpaired) electrons. The number of carbonyl (C=O) groups is 3. The van der Waals surface area contributed by atoms with Gasteiger partial charge >= 0.3 is 17.9 Å². The van der Waals surface area contributed by atoms with Crippen molar-refractivity contribution in [1.82, 2.24) is 0 Å². The normalized spacial score (nSPS) is 12.5. The topological polar surface area (TPSA) is 78.9 Å². The van der Waals surface area contributed by atoms with Crippen LogP contribution in [0.3, 0.4) is 0 Å². The predicted octanol–water partition coefficient (Wildman–Crippen LogP) is 18.0. The smallest absolute Gasteiger partial charge is 0.306 e. The lowest BCUT2D eigenvalue weighted by molar-refractivity contribution is -0.167. The summed E-state index contributed by atoms with van der Waals surface area (Å²) in [6, 6.07) is 0. The fraction of sp³-hybridized carbons (Fsp3) is 0.776. The van der Waals surface area contributed by atoms with E-state index < -0.39 is 6.10 Å². The standard InChI is InChI=1S/C58H102O6/c1-4-7-10-13-16-18-20-22-24-26-27-28-29-30-31-32-34-35-37-39-42-45-48-51-57(60)63-54-55(53-62-56(59)50-47-44-41-15-12-9-6-3)64-58(61)52-49-46-43-40-38-36-33-25-23-21-19-17-14-11-8-5-2/h7,10,16,18,22,24-25,27-28,33,55H,4-6,8-9,11-15,17,19-21,23,26,29-32,34-54H2,1-3H3/b10-7-,18-16-,24-22-,28-27-,33-25-. The highest BCUT2D eigenvalue weighted by atomic mass is 16.6. The van der Waals surface area contributed by atoms with E-state index in [9.17, 15) is 14.4 Å². The Morgan fingerprint density at radius 3 is 0.969 bits per heavy atom. The van der Waals surface area contributed by atoms with Crippen molar-refractivity contribution in [2.45, 2.75) is 277 Å². The molecule has 0 aliphatic carbocycles. The van der Waals surface area contributed by atoms with Gasteiger partial charge in [0.2, 0.25) is 0 Å². The number of hydrogen-bond acceptors (Lipinski definition) is 6. The van der Waals surface area contributed by atoms with Crippen LogP contribution in [0.15, 0.2) is 60.8 Å². The first-order chi connectivity index (χ1) is 31.5. The van der Waals surface area contributed by atoms with Gasteiger partial charge in [0.15, 0.2) is 6.10 Å². The number of allylic oxidation sites excluding steroid dienone is 10. The third-order valence-electron chi connectivity index (χ3n) is 11.8. The molecule has 0 N–H and O–H groups in total. The highest BCUT2D eigenvalue weighted by Gasteiger charge is 2.19. The Labute approximate surface area is 396 Å². The highest BCUT2D eigenvalue weighted by molar-refractivity contribution is 5.71. The summed E-state index contributed by atoms with van der Waals surface area (Å²) in [5.41, 5.74) is 0. The Bertz CT molecular complexity index is 1170. The SMILES string of the molecule is CC/C=C\C/C=C\C/C=C\C/C=C\CCCCCCCCCCCCC(=O)OCC(COC(=O)CCCCCCCCC)OC(=O)CCCCCCC/C=C\CCCCCCCCC. The molecule has 0 saturated carbocycles. The van der Waals surface area contributed by atoms with Crippen LogP contribution in [0, 0.1) is 0 Å². The van der Waals surface area contributed by atoms with Gasteiger partial charge in [0.1, 0.15) is 13.2 Å². The summed E-state index contributed by atoms with van der Waals surface area (Å²) in [6.07, 6.45) is 65.1. The molecule has 1 unspecified atom stereocenters. The van der Waals surface area contributed by atoms with Gasteiger partial charge in [0.25, 0.3) is 0 Å². The maximum atomic E-state index is 12.8. The number of ether oxygens (including phenoxy) is 3. The molecule has 0 heterocycles. The second-order valence-electron chi connectivity index (χ2n) is 18.1. The second-order valence-corrected chi connectivity index (χ2v) is 18.1. The predicted molar refractivity (Wildman–Crippen MR) is 275 cm³/mol. The van der Waals surface area contributed by atoms with Crippen molar-refractivity contribution in [3.05, 3.63) is 60.8 Å². The fourth-order valence-electron chi connectivity index (χ4n) is 7.66. The third-order valence-corrected chi connectivity index (χ3v) is 11.8. The maximum Gasteiger partial charge on any atom is 0.306 e. The van der Waals surface area contributed by atoms with Crippen molar-refractivity contribution in [1.29, 1.82) is 0 Å². The van der Waals surface area contributed by atoms with Crippen molar-refractivity contribution in [2.24, 2.45) is 0 Å². The summed E-state index contributed by atoms with van der Waals surface area (Å²) in [5.74, 6) is -0.890. The molecule has 0 fully saturated rings. The average Bonchev–Trinajstić information content (AvgIpc) is 3.29. The van der Waals surface area contributed by atoms with Crippen molar-refractivity contribution in [3.63, 3.8) is 0 Å². The van der Waals surface area contributed by atoms with Crippen LogP contribution in [-0.2, 0) is 28.6 Å². The van der Waals surface area contributed by atoms with E-state index in [0.717, 1.165) is 89.9 Å². The Balaban J connectivity index is 4.20. The van der Waals surface area contributed by atoms with Crippen LogP contribution in [-0.4, -0.2) is 37.2 Å². The monoisotopic (exact) mass is 895 g/mol. The minimum Gasteiger partial charge on any atom is -0.462 e. The lowest BCUT2D eigenvalue weighted by Gasteiger charge is -2.18. The Hall–Kier alpha value is -2.89. The van der Waals surface area contributed by atoms with E-state index in [-0.39, 0.29) is 31.1 Å². The number of rotatable bonds is 49.